The van der Waals surface area contributed by atoms with Crippen LogP contribution in [0.4, 0.5) is 0 Å². The van der Waals surface area contributed by atoms with E-state index in [4.69, 9.17) is 15.4 Å². The van der Waals surface area contributed by atoms with E-state index in [1.807, 2.05) is 0 Å². The fourth-order valence-electron chi connectivity index (χ4n) is 8.47. The van der Waals surface area contributed by atoms with Crippen LogP contribution in [-0.4, -0.2) is 34.6 Å². The predicted molar refractivity (Wildman–Crippen MR) is 213 cm³/mol. The first kappa shape index (κ1) is 39.7. The van der Waals surface area contributed by atoms with Crippen LogP contribution < -0.4 is 0 Å². The number of thiophene rings is 1. The van der Waals surface area contributed by atoms with Gasteiger partial charge < -0.3 is 8.85 Å². The van der Waals surface area contributed by atoms with Crippen molar-refractivity contribution in [1.29, 1.82) is 0 Å². The molecule has 0 radical (unpaired) electrons. The van der Waals surface area contributed by atoms with Crippen molar-refractivity contribution in [3.05, 3.63) is 57.3 Å². The third kappa shape index (κ3) is 8.87. The van der Waals surface area contributed by atoms with Gasteiger partial charge in [0.25, 0.3) is 0 Å². The third-order valence-corrected chi connectivity index (χ3v) is 23.6. The minimum atomic E-state index is -1.99. The van der Waals surface area contributed by atoms with Gasteiger partial charge in [0.15, 0.2) is 22.4 Å². The second-order valence-corrected chi connectivity index (χ2v) is 29.6. The predicted octanol–water partition coefficient (Wildman–Crippen LogP) is 13.2. The first-order valence-corrected chi connectivity index (χ1v) is 25.8. The Morgan fingerprint density at radius 3 is 2.31 bits per heavy atom. The normalized spacial score (nSPS) is 29.8. The van der Waals surface area contributed by atoms with Gasteiger partial charge in [0, 0.05) is 12.8 Å². The molecule has 1 aromatic rings. The number of hydrogen-bond donors (Lipinski definition) is 0. The van der Waals surface area contributed by atoms with Crippen molar-refractivity contribution < 1.29 is 13.6 Å². The summed E-state index contributed by atoms with van der Waals surface area (Å²) in [5, 5.41) is 2.41. The number of fused-ring (bicyclic) bond motifs is 1. The molecule has 6 atom stereocenters. The largest absolute Gasteiger partial charge is 0.413 e. The Labute approximate surface area is 301 Å². The molecule has 0 aromatic carbocycles. The number of Topliss-reactive ketones (excluding diaryl/α,β-unsaturated/α-hetero) is 1. The van der Waals surface area contributed by atoms with Gasteiger partial charge in [-0.2, -0.15) is 0 Å². The number of allylic oxidation sites excluding steroid dienone is 3. The zero-order chi connectivity index (χ0) is 35.9. The van der Waals surface area contributed by atoms with E-state index in [2.05, 4.69) is 112 Å². The molecule has 270 valence electrons. The summed E-state index contributed by atoms with van der Waals surface area (Å²) in [6.07, 6.45) is 16.2. The van der Waals surface area contributed by atoms with Gasteiger partial charge in [0.05, 0.1) is 17.1 Å². The van der Waals surface area contributed by atoms with Crippen LogP contribution in [0.25, 0.3) is 0 Å². The van der Waals surface area contributed by atoms with E-state index < -0.39 is 16.6 Å². The lowest BCUT2D eigenvalue weighted by Gasteiger charge is -2.46. The molecule has 2 unspecified atom stereocenters. The summed E-state index contributed by atoms with van der Waals surface area (Å²) >= 11 is 1.60. The Bertz CT molecular complexity index is 1370. The molecule has 3 saturated carbocycles. The Morgan fingerprint density at radius 2 is 1.71 bits per heavy atom. The van der Waals surface area contributed by atoms with Crippen LogP contribution in [0, 0.1) is 30.1 Å². The molecule has 3 fully saturated rings. The molecule has 0 N–H and O–H groups in total. The van der Waals surface area contributed by atoms with E-state index in [1.165, 1.54) is 48.8 Å². The standard InChI is InChI=1S/C42H70O3SSi2/c1-29-25-39(46-28-29)37(43)19-15-17-30(2)35-22-23-36-32(18-16-24-42(35,36)10)20-21-33-26-34(44-47(11,12)40(4,5)6)27-38(31(33)3)45-48(13,14)41(7,8)9/h20-21,25,28,30,34-36,38H,3,15-19,22-24,26-27H2,1-2,4-14H3/b32-20+,33-21-/t30-,34?,35-,36+,38?,42-/m1/s1. The second-order valence-electron chi connectivity index (χ2n) is 19.1. The maximum Gasteiger partial charge on any atom is 0.192 e. The summed E-state index contributed by atoms with van der Waals surface area (Å²) in [6.45, 7) is 35.3. The molecule has 0 aliphatic heterocycles. The lowest BCUT2D eigenvalue weighted by Crippen LogP contribution is -2.49. The smallest absolute Gasteiger partial charge is 0.192 e. The van der Waals surface area contributed by atoms with Crippen molar-refractivity contribution >= 4 is 33.8 Å². The van der Waals surface area contributed by atoms with Crippen LogP contribution in [0.3, 0.4) is 0 Å². The van der Waals surface area contributed by atoms with E-state index in [9.17, 15) is 4.79 Å². The number of rotatable bonds is 11. The van der Waals surface area contributed by atoms with Crippen LogP contribution in [0.1, 0.15) is 135 Å². The Kier molecular flexibility index (Phi) is 12.3. The quantitative estimate of drug-likeness (QED) is 0.169. The molecule has 0 amide bonds. The summed E-state index contributed by atoms with van der Waals surface area (Å²) < 4.78 is 14.2. The highest BCUT2D eigenvalue weighted by molar-refractivity contribution is 7.12. The van der Waals surface area contributed by atoms with Gasteiger partial charge in [-0.3, -0.25) is 4.79 Å². The number of carbonyl (C=O) groups is 1. The van der Waals surface area contributed by atoms with Gasteiger partial charge in [0.1, 0.15) is 0 Å². The topological polar surface area (TPSA) is 35.5 Å². The first-order chi connectivity index (χ1) is 22.1. The average Bonchev–Trinajstić information content (AvgIpc) is 3.55. The zero-order valence-electron chi connectivity index (χ0n) is 33.1. The summed E-state index contributed by atoms with van der Waals surface area (Å²) in [5.41, 5.74) is 5.71. The van der Waals surface area contributed by atoms with Gasteiger partial charge in [0.2, 0.25) is 0 Å². The molecule has 0 spiro atoms. The zero-order valence-corrected chi connectivity index (χ0v) is 35.9. The molecule has 1 heterocycles. The van der Waals surface area contributed by atoms with E-state index in [0.717, 1.165) is 36.5 Å². The molecule has 3 aliphatic carbocycles. The summed E-state index contributed by atoms with van der Waals surface area (Å²) in [4.78, 5) is 13.7. The highest BCUT2D eigenvalue weighted by Gasteiger charge is 2.50. The summed E-state index contributed by atoms with van der Waals surface area (Å²) in [7, 11) is -3.93. The van der Waals surface area contributed by atoms with Crippen LogP contribution in [0.5, 0.6) is 0 Å². The first-order valence-electron chi connectivity index (χ1n) is 19.1. The highest BCUT2D eigenvalue weighted by atomic mass is 32.1. The van der Waals surface area contributed by atoms with Crippen LogP contribution in [0.2, 0.25) is 36.3 Å². The second kappa shape index (κ2) is 14.9. The minimum Gasteiger partial charge on any atom is -0.413 e. The van der Waals surface area contributed by atoms with Gasteiger partial charge in [-0.25, -0.2) is 0 Å². The lowest BCUT2D eigenvalue weighted by molar-refractivity contribution is 0.0900. The van der Waals surface area contributed by atoms with E-state index in [-0.39, 0.29) is 22.3 Å². The Morgan fingerprint density at radius 1 is 1.06 bits per heavy atom. The van der Waals surface area contributed by atoms with Gasteiger partial charge in [-0.05, 0) is 146 Å². The van der Waals surface area contributed by atoms with Crippen molar-refractivity contribution in [1.82, 2.24) is 0 Å². The van der Waals surface area contributed by atoms with Crippen molar-refractivity contribution in [2.45, 2.75) is 175 Å². The molecular weight excluding hydrogens is 641 g/mol. The Balaban J connectivity index is 1.51. The molecule has 48 heavy (non-hydrogen) atoms. The van der Waals surface area contributed by atoms with Gasteiger partial charge in [-0.1, -0.05) is 79.7 Å². The summed E-state index contributed by atoms with van der Waals surface area (Å²) in [5.74, 6) is 2.36. The number of ketones is 1. The molecule has 6 heteroatoms. The average molecular weight is 711 g/mol. The number of hydrogen-bond acceptors (Lipinski definition) is 4. The number of carbonyl (C=O) groups excluding carboxylic acids is 1. The molecule has 4 rings (SSSR count). The van der Waals surface area contributed by atoms with Gasteiger partial charge in [-0.15, -0.1) is 11.3 Å². The van der Waals surface area contributed by atoms with Crippen molar-refractivity contribution in [3.63, 3.8) is 0 Å². The molecule has 1 aromatic heterocycles. The SMILES string of the molecule is C=C1/C(=C\C=C2/CCC[C@]3(C)[C@@H]([C@H](C)CCCC(=O)c4cc(C)cs4)CC[C@@H]23)CC(O[Si](C)(C)C(C)(C)C)CC1O[Si](C)(C)C(C)(C)C. The Hall–Kier alpha value is -1.06. The van der Waals surface area contributed by atoms with Crippen molar-refractivity contribution in [2.24, 2.45) is 23.2 Å². The fourth-order valence-corrected chi connectivity index (χ4v) is 12.0. The monoisotopic (exact) mass is 710 g/mol. The van der Waals surface area contributed by atoms with E-state index in [0.29, 0.717) is 29.5 Å². The third-order valence-electron chi connectivity index (χ3n) is 13.5. The van der Waals surface area contributed by atoms with Crippen molar-refractivity contribution in [2.75, 3.05) is 0 Å². The highest BCUT2D eigenvalue weighted by Crippen LogP contribution is 2.60. The molecule has 0 saturated heterocycles. The molecular formula is C42H70O3SSi2. The molecule has 3 aliphatic rings. The molecule has 0 bridgehead atoms. The van der Waals surface area contributed by atoms with Gasteiger partial charge >= 0.3 is 0 Å². The number of aryl methyl sites for hydroxylation is 1. The van der Waals surface area contributed by atoms with E-state index >= 15 is 0 Å². The van der Waals surface area contributed by atoms with Crippen LogP contribution in [-0.2, 0) is 8.85 Å². The minimum absolute atomic E-state index is 0.0168. The maximum absolute atomic E-state index is 12.8. The van der Waals surface area contributed by atoms with Crippen LogP contribution >= 0.6 is 11.3 Å². The molecule has 3 nitrogen and oxygen atoms in total. The maximum atomic E-state index is 12.8. The fraction of sp³-hybridized carbons (Fsp3) is 0.738. The lowest BCUT2D eigenvalue weighted by atomic mass is 9.60. The van der Waals surface area contributed by atoms with E-state index in [1.54, 1.807) is 16.9 Å². The van der Waals surface area contributed by atoms with Crippen molar-refractivity contribution in [3.8, 4) is 0 Å². The summed E-state index contributed by atoms with van der Waals surface area (Å²) in [6, 6.07) is 2.05. The van der Waals surface area contributed by atoms with Crippen LogP contribution in [0.15, 0.2) is 46.9 Å².